The van der Waals surface area contributed by atoms with Crippen molar-refractivity contribution in [2.75, 3.05) is 0 Å². The molecule has 0 saturated heterocycles. The van der Waals surface area contributed by atoms with Gasteiger partial charge in [0.25, 0.3) is 0 Å². The summed E-state index contributed by atoms with van der Waals surface area (Å²) in [5, 5.41) is 11.9. The van der Waals surface area contributed by atoms with E-state index in [0.29, 0.717) is 17.9 Å². The molecule has 0 aromatic heterocycles. The Hall–Kier alpha value is -1.04. The van der Waals surface area contributed by atoms with Gasteiger partial charge in [-0.05, 0) is 43.9 Å². The van der Waals surface area contributed by atoms with E-state index in [1.54, 1.807) is 0 Å². The van der Waals surface area contributed by atoms with Gasteiger partial charge in [0.05, 0.1) is 6.07 Å². The number of nitrogens with one attached hydrogen (secondary N) is 1. The Morgan fingerprint density at radius 3 is 2.39 bits per heavy atom. The Morgan fingerprint density at radius 1 is 1.28 bits per heavy atom. The molecular formula is C15H26N2O. The minimum atomic E-state index is 0.180. The quantitative estimate of drug-likeness (QED) is 0.831. The van der Waals surface area contributed by atoms with Gasteiger partial charge in [0.1, 0.15) is 0 Å². The molecule has 1 saturated carbocycles. The van der Waals surface area contributed by atoms with E-state index in [4.69, 9.17) is 5.26 Å². The van der Waals surface area contributed by atoms with Crippen molar-refractivity contribution in [1.29, 1.82) is 5.26 Å². The summed E-state index contributed by atoms with van der Waals surface area (Å²) in [4.78, 5) is 11.8. The fraction of sp³-hybridized carbons (Fsp3) is 0.867. The summed E-state index contributed by atoms with van der Waals surface area (Å²) in [6.07, 6.45) is 6.47. The highest BCUT2D eigenvalue weighted by Crippen LogP contribution is 2.24. The molecule has 0 spiro atoms. The molecule has 1 aliphatic rings. The molecule has 0 bridgehead atoms. The lowest BCUT2D eigenvalue weighted by Gasteiger charge is -2.25. The zero-order valence-corrected chi connectivity index (χ0v) is 12.0. The molecule has 0 atom stereocenters. The molecule has 0 aromatic rings. The average molecular weight is 250 g/mol. The molecule has 102 valence electrons. The zero-order valence-electron chi connectivity index (χ0n) is 12.0. The second-order valence-corrected chi connectivity index (χ2v) is 6.66. The zero-order chi connectivity index (χ0) is 13.6. The first-order valence-electron chi connectivity index (χ1n) is 7.10. The van der Waals surface area contributed by atoms with Gasteiger partial charge in [-0.1, -0.05) is 20.8 Å². The smallest absolute Gasteiger partial charge is 0.220 e. The summed E-state index contributed by atoms with van der Waals surface area (Å²) in [6, 6.07) is 2.62. The maximum Gasteiger partial charge on any atom is 0.220 e. The first-order valence-corrected chi connectivity index (χ1v) is 7.10. The molecule has 0 radical (unpaired) electrons. The number of carbonyl (C=O) groups is 1. The Balaban J connectivity index is 2.16. The lowest BCUT2D eigenvalue weighted by atomic mass is 9.87. The van der Waals surface area contributed by atoms with Crippen LogP contribution in [0.1, 0.15) is 65.7 Å². The van der Waals surface area contributed by atoms with E-state index in [9.17, 15) is 4.79 Å². The van der Waals surface area contributed by atoms with Crippen molar-refractivity contribution in [2.45, 2.75) is 71.8 Å². The van der Waals surface area contributed by atoms with E-state index in [2.05, 4.69) is 32.2 Å². The molecule has 0 heterocycles. The van der Waals surface area contributed by atoms with Crippen LogP contribution in [0, 0.1) is 22.7 Å². The Morgan fingerprint density at radius 2 is 1.89 bits per heavy atom. The lowest BCUT2D eigenvalue weighted by Crippen LogP contribution is -2.37. The molecule has 3 nitrogen and oxygen atoms in total. The fourth-order valence-electron chi connectivity index (χ4n) is 2.45. The van der Waals surface area contributed by atoms with Crippen molar-refractivity contribution < 1.29 is 4.79 Å². The van der Waals surface area contributed by atoms with E-state index < -0.39 is 0 Å². The number of amides is 1. The monoisotopic (exact) mass is 250 g/mol. The van der Waals surface area contributed by atoms with Crippen LogP contribution in [0.15, 0.2) is 0 Å². The van der Waals surface area contributed by atoms with Crippen LogP contribution in [0.4, 0.5) is 0 Å². The Labute approximate surface area is 111 Å². The summed E-state index contributed by atoms with van der Waals surface area (Å²) in [5.41, 5.74) is 0.311. The predicted octanol–water partition coefficient (Wildman–Crippen LogP) is 3.40. The van der Waals surface area contributed by atoms with Crippen molar-refractivity contribution in [2.24, 2.45) is 11.3 Å². The Bertz CT molecular complexity index is 303. The highest BCUT2D eigenvalue weighted by Gasteiger charge is 2.22. The third-order valence-electron chi connectivity index (χ3n) is 3.61. The van der Waals surface area contributed by atoms with Crippen LogP contribution in [0.25, 0.3) is 0 Å². The molecular weight excluding hydrogens is 224 g/mol. The summed E-state index contributed by atoms with van der Waals surface area (Å²) in [7, 11) is 0. The number of rotatable bonds is 4. The number of carbonyl (C=O) groups excluding carboxylic acids is 1. The third-order valence-corrected chi connectivity index (χ3v) is 3.61. The van der Waals surface area contributed by atoms with Gasteiger partial charge in [-0.25, -0.2) is 0 Å². The van der Waals surface area contributed by atoms with Crippen molar-refractivity contribution in [3.8, 4) is 6.07 Å². The van der Waals surface area contributed by atoms with Gasteiger partial charge in [-0.2, -0.15) is 5.26 Å². The first kappa shape index (κ1) is 15.0. The van der Waals surface area contributed by atoms with E-state index in [1.807, 2.05) is 0 Å². The maximum atomic E-state index is 11.8. The van der Waals surface area contributed by atoms with Crippen LogP contribution in [0.5, 0.6) is 0 Å². The molecule has 1 N–H and O–H groups in total. The maximum absolute atomic E-state index is 11.8. The van der Waals surface area contributed by atoms with Crippen LogP contribution in [0.2, 0.25) is 0 Å². The molecule has 1 amide bonds. The minimum Gasteiger partial charge on any atom is -0.353 e. The second-order valence-electron chi connectivity index (χ2n) is 6.66. The molecule has 1 aliphatic carbocycles. The van der Waals surface area contributed by atoms with Crippen molar-refractivity contribution >= 4 is 5.91 Å². The normalized spacial score (nSPS) is 24.3. The average Bonchev–Trinajstić information content (AvgIpc) is 2.28. The second kappa shape index (κ2) is 6.78. The molecule has 3 heteroatoms. The van der Waals surface area contributed by atoms with Gasteiger partial charge in [0.15, 0.2) is 0 Å². The summed E-state index contributed by atoms with van der Waals surface area (Å²) in [5.74, 6) is 0.388. The van der Waals surface area contributed by atoms with E-state index in [-0.39, 0.29) is 11.8 Å². The van der Waals surface area contributed by atoms with Crippen LogP contribution in [-0.2, 0) is 4.79 Å². The van der Waals surface area contributed by atoms with Crippen LogP contribution >= 0.6 is 0 Å². The minimum absolute atomic E-state index is 0.180. The van der Waals surface area contributed by atoms with E-state index in [0.717, 1.165) is 38.5 Å². The van der Waals surface area contributed by atoms with Gasteiger partial charge in [0, 0.05) is 18.4 Å². The predicted molar refractivity (Wildman–Crippen MR) is 72.8 cm³/mol. The van der Waals surface area contributed by atoms with Crippen molar-refractivity contribution in [3.05, 3.63) is 0 Å². The lowest BCUT2D eigenvalue weighted by molar-refractivity contribution is -0.122. The number of nitriles is 1. The van der Waals surface area contributed by atoms with Gasteiger partial charge in [-0.15, -0.1) is 0 Å². The topological polar surface area (TPSA) is 52.9 Å². The number of hydrogen-bond acceptors (Lipinski definition) is 2. The fourth-order valence-corrected chi connectivity index (χ4v) is 2.45. The van der Waals surface area contributed by atoms with Crippen LogP contribution in [0.3, 0.4) is 0 Å². The van der Waals surface area contributed by atoms with E-state index >= 15 is 0 Å². The molecule has 1 fully saturated rings. The van der Waals surface area contributed by atoms with Crippen molar-refractivity contribution in [3.63, 3.8) is 0 Å². The van der Waals surface area contributed by atoms with Gasteiger partial charge in [0.2, 0.25) is 5.91 Å². The Kier molecular flexibility index (Phi) is 5.65. The van der Waals surface area contributed by atoms with Crippen LogP contribution in [-0.4, -0.2) is 11.9 Å². The standard InChI is InChI=1S/C15H26N2O/c1-15(2,3)10-4-5-14(18)17-13-8-6-12(11-16)7-9-13/h12-13H,4-10H2,1-3H3,(H,17,18). The van der Waals surface area contributed by atoms with Crippen LogP contribution < -0.4 is 5.32 Å². The summed E-state index contributed by atoms with van der Waals surface area (Å²) in [6.45, 7) is 6.61. The van der Waals surface area contributed by atoms with Crippen molar-refractivity contribution in [1.82, 2.24) is 5.32 Å². The SMILES string of the molecule is CC(C)(C)CCCC(=O)NC1CCC(C#N)CC1. The van der Waals surface area contributed by atoms with Gasteiger partial charge in [-0.3, -0.25) is 4.79 Å². The molecule has 1 rings (SSSR count). The van der Waals surface area contributed by atoms with Gasteiger partial charge >= 0.3 is 0 Å². The summed E-state index contributed by atoms with van der Waals surface area (Å²) < 4.78 is 0. The van der Waals surface area contributed by atoms with E-state index in [1.165, 1.54) is 0 Å². The first-order chi connectivity index (χ1) is 8.40. The highest BCUT2D eigenvalue weighted by atomic mass is 16.1. The number of nitrogens with zero attached hydrogens (tertiary/aromatic N) is 1. The molecule has 0 aromatic carbocycles. The number of hydrogen-bond donors (Lipinski definition) is 1. The largest absolute Gasteiger partial charge is 0.353 e. The molecule has 18 heavy (non-hydrogen) atoms. The molecule has 0 aliphatic heterocycles. The molecule has 0 unspecified atom stereocenters. The van der Waals surface area contributed by atoms with Gasteiger partial charge < -0.3 is 5.32 Å². The highest BCUT2D eigenvalue weighted by molar-refractivity contribution is 5.76. The summed E-state index contributed by atoms with van der Waals surface area (Å²) >= 11 is 0. The third kappa shape index (κ3) is 6.05.